The first kappa shape index (κ1) is 12.3. The predicted molar refractivity (Wildman–Crippen MR) is 81.0 cm³/mol. The highest BCUT2D eigenvalue weighted by atomic mass is 16.5. The summed E-state index contributed by atoms with van der Waals surface area (Å²) in [4.78, 5) is 0. The van der Waals surface area contributed by atoms with Gasteiger partial charge in [-0.1, -0.05) is 0 Å². The molecular formula is C17H16N2O2. The number of benzene rings is 2. The molecule has 0 aliphatic heterocycles. The summed E-state index contributed by atoms with van der Waals surface area (Å²) in [6, 6.07) is 13.1. The van der Waals surface area contributed by atoms with Crippen LogP contribution in [0.1, 0.15) is 12.8 Å². The van der Waals surface area contributed by atoms with Crippen LogP contribution < -0.4 is 4.74 Å². The second kappa shape index (κ2) is 4.81. The number of aromatic hydroxyl groups is 1. The molecule has 1 N–H and O–H groups in total. The van der Waals surface area contributed by atoms with Crippen LogP contribution in [0.15, 0.2) is 48.7 Å². The summed E-state index contributed by atoms with van der Waals surface area (Å²) in [6.07, 6.45) is 4.41. The summed E-state index contributed by atoms with van der Waals surface area (Å²) < 4.78 is 7.70. The van der Waals surface area contributed by atoms with E-state index in [-0.39, 0.29) is 5.75 Å². The van der Waals surface area contributed by atoms with Crippen molar-refractivity contribution in [3.8, 4) is 17.2 Å². The number of ether oxygens (including phenoxy) is 1. The van der Waals surface area contributed by atoms with Gasteiger partial charge < -0.3 is 9.84 Å². The number of rotatable bonds is 4. The summed E-state index contributed by atoms with van der Waals surface area (Å²) >= 11 is 0. The molecule has 0 saturated heterocycles. The Bertz CT molecular complexity index is 773. The SMILES string of the molecule is Oc1ccc(-n2ncc3ccc(OCC4CC4)cc32)cc1. The zero-order valence-electron chi connectivity index (χ0n) is 11.6. The third-order valence-corrected chi connectivity index (χ3v) is 3.82. The standard InChI is InChI=1S/C17H16N2O2/c20-15-6-4-14(5-7-15)19-17-9-16(21-11-12-1-2-12)8-3-13(17)10-18-19/h3-10,12,20H,1-2,11H2. The molecule has 1 heterocycles. The second-order valence-electron chi connectivity index (χ2n) is 5.55. The van der Waals surface area contributed by atoms with Gasteiger partial charge in [0.2, 0.25) is 0 Å². The topological polar surface area (TPSA) is 47.3 Å². The molecule has 4 nitrogen and oxygen atoms in total. The van der Waals surface area contributed by atoms with Gasteiger partial charge in [0.25, 0.3) is 0 Å². The fourth-order valence-corrected chi connectivity index (χ4v) is 2.39. The van der Waals surface area contributed by atoms with Gasteiger partial charge in [-0.05, 0) is 55.2 Å². The van der Waals surface area contributed by atoms with Crippen LogP contribution in [0.25, 0.3) is 16.6 Å². The van der Waals surface area contributed by atoms with Gasteiger partial charge in [0.1, 0.15) is 11.5 Å². The van der Waals surface area contributed by atoms with E-state index >= 15 is 0 Å². The maximum absolute atomic E-state index is 9.39. The lowest BCUT2D eigenvalue weighted by molar-refractivity contribution is 0.300. The third-order valence-electron chi connectivity index (χ3n) is 3.82. The lowest BCUT2D eigenvalue weighted by Gasteiger charge is -2.07. The molecule has 0 radical (unpaired) electrons. The maximum Gasteiger partial charge on any atom is 0.121 e. The molecule has 1 saturated carbocycles. The van der Waals surface area contributed by atoms with E-state index in [1.54, 1.807) is 12.1 Å². The number of hydrogen-bond donors (Lipinski definition) is 1. The predicted octanol–water partition coefficient (Wildman–Crippen LogP) is 3.52. The van der Waals surface area contributed by atoms with Crippen molar-refractivity contribution in [2.75, 3.05) is 6.61 Å². The molecule has 3 aromatic rings. The van der Waals surface area contributed by atoms with Crippen LogP contribution in [-0.2, 0) is 0 Å². The molecule has 1 aliphatic carbocycles. The Morgan fingerprint density at radius 3 is 2.71 bits per heavy atom. The molecule has 21 heavy (non-hydrogen) atoms. The smallest absolute Gasteiger partial charge is 0.121 e. The van der Waals surface area contributed by atoms with E-state index in [2.05, 4.69) is 5.10 Å². The minimum Gasteiger partial charge on any atom is -0.508 e. The monoisotopic (exact) mass is 280 g/mol. The molecule has 1 fully saturated rings. The molecule has 1 aliphatic rings. The van der Waals surface area contributed by atoms with Crippen molar-refractivity contribution < 1.29 is 9.84 Å². The minimum atomic E-state index is 0.253. The molecule has 0 atom stereocenters. The van der Waals surface area contributed by atoms with E-state index in [4.69, 9.17) is 4.74 Å². The van der Waals surface area contributed by atoms with Crippen LogP contribution in [0, 0.1) is 5.92 Å². The van der Waals surface area contributed by atoms with Crippen molar-refractivity contribution in [2.24, 2.45) is 5.92 Å². The summed E-state index contributed by atoms with van der Waals surface area (Å²) in [5, 5.41) is 14.9. The Labute approximate surface area is 122 Å². The molecule has 1 aromatic heterocycles. The summed E-state index contributed by atoms with van der Waals surface area (Å²) in [5.74, 6) is 1.88. The molecule has 4 rings (SSSR count). The Kier molecular flexibility index (Phi) is 2.81. The number of aromatic nitrogens is 2. The van der Waals surface area contributed by atoms with E-state index < -0.39 is 0 Å². The first-order chi connectivity index (χ1) is 10.3. The van der Waals surface area contributed by atoms with Crippen molar-refractivity contribution in [2.45, 2.75) is 12.8 Å². The zero-order valence-corrected chi connectivity index (χ0v) is 11.6. The Morgan fingerprint density at radius 2 is 1.95 bits per heavy atom. The molecule has 2 aromatic carbocycles. The van der Waals surface area contributed by atoms with Crippen LogP contribution in [-0.4, -0.2) is 21.5 Å². The van der Waals surface area contributed by atoms with Crippen molar-refractivity contribution in [3.63, 3.8) is 0 Å². The van der Waals surface area contributed by atoms with Gasteiger partial charge in [0.15, 0.2) is 0 Å². The number of hydrogen-bond acceptors (Lipinski definition) is 3. The lowest BCUT2D eigenvalue weighted by Crippen LogP contribution is -1.99. The van der Waals surface area contributed by atoms with E-state index in [0.29, 0.717) is 0 Å². The van der Waals surface area contributed by atoms with E-state index in [9.17, 15) is 5.11 Å². The molecule has 4 heteroatoms. The maximum atomic E-state index is 9.39. The largest absolute Gasteiger partial charge is 0.508 e. The van der Waals surface area contributed by atoms with Gasteiger partial charge in [-0.25, -0.2) is 4.68 Å². The lowest BCUT2D eigenvalue weighted by atomic mass is 10.2. The van der Waals surface area contributed by atoms with Crippen molar-refractivity contribution >= 4 is 10.9 Å². The van der Waals surface area contributed by atoms with Crippen LogP contribution >= 0.6 is 0 Å². The quantitative estimate of drug-likeness (QED) is 0.795. The Hall–Kier alpha value is -2.49. The second-order valence-corrected chi connectivity index (χ2v) is 5.55. The molecule has 0 spiro atoms. The molecule has 0 unspecified atom stereocenters. The Balaban J connectivity index is 1.70. The van der Waals surface area contributed by atoms with Gasteiger partial charge in [0.05, 0.1) is 24.0 Å². The van der Waals surface area contributed by atoms with Gasteiger partial charge in [-0.15, -0.1) is 0 Å². The highest BCUT2D eigenvalue weighted by Gasteiger charge is 2.22. The average Bonchev–Trinajstić information content (AvgIpc) is 3.25. The summed E-state index contributed by atoms with van der Waals surface area (Å²) in [5.41, 5.74) is 1.93. The number of fused-ring (bicyclic) bond motifs is 1. The van der Waals surface area contributed by atoms with Crippen molar-refractivity contribution in [1.29, 1.82) is 0 Å². The normalized spacial score (nSPS) is 14.5. The van der Waals surface area contributed by atoms with Crippen molar-refractivity contribution in [3.05, 3.63) is 48.7 Å². The highest BCUT2D eigenvalue weighted by molar-refractivity contribution is 5.81. The summed E-state index contributed by atoms with van der Waals surface area (Å²) in [6.45, 7) is 0.804. The number of phenols is 1. The van der Waals surface area contributed by atoms with Crippen LogP contribution in [0.4, 0.5) is 0 Å². The fourth-order valence-electron chi connectivity index (χ4n) is 2.39. The summed E-state index contributed by atoms with van der Waals surface area (Å²) in [7, 11) is 0. The van der Waals surface area contributed by atoms with Crippen LogP contribution in [0.5, 0.6) is 11.5 Å². The molecule has 106 valence electrons. The number of nitrogens with zero attached hydrogens (tertiary/aromatic N) is 2. The number of phenolic OH excluding ortho intramolecular Hbond substituents is 1. The molecule has 0 bridgehead atoms. The third kappa shape index (κ3) is 2.44. The first-order valence-corrected chi connectivity index (χ1v) is 7.19. The van der Waals surface area contributed by atoms with Gasteiger partial charge in [0, 0.05) is 11.5 Å². The minimum absolute atomic E-state index is 0.253. The zero-order chi connectivity index (χ0) is 14.2. The van der Waals surface area contributed by atoms with E-state index in [1.807, 2.05) is 41.2 Å². The Morgan fingerprint density at radius 1 is 1.14 bits per heavy atom. The fraction of sp³-hybridized carbons (Fsp3) is 0.235. The van der Waals surface area contributed by atoms with E-state index in [1.165, 1.54) is 12.8 Å². The van der Waals surface area contributed by atoms with Crippen molar-refractivity contribution in [1.82, 2.24) is 9.78 Å². The molecule has 0 amide bonds. The average molecular weight is 280 g/mol. The van der Waals surface area contributed by atoms with Gasteiger partial charge in [-0.2, -0.15) is 5.10 Å². The van der Waals surface area contributed by atoms with Gasteiger partial charge >= 0.3 is 0 Å². The molecular weight excluding hydrogens is 264 g/mol. The van der Waals surface area contributed by atoms with Crippen LogP contribution in [0.2, 0.25) is 0 Å². The van der Waals surface area contributed by atoms with Gasteiger partial charge in [-0.3, -0.25) is 0 Å². The highest BCUT2D eigenvalue weighted by Crippen LogP contribution is 2.30. The van der Waals surface area contributed by atoms with E-state index in [0.717, 1.165) is 34.9 Å². The first-order valence-electron chi connectivity index (χ1n) is 7.19. The van der Waals surface area contributed by atoms with Crippen LogP contribution in [0.3, 0.4) is 0 Å².